The molecule has 0 aliphatic heterocycles. The number of para-hydroxylation sites is 1. The standard InChI is InChI=1S/C15H17NOS/c1-11(14-8-3-4-9-15(14)17)16-12-6-5-7-13(10-12)18-2/h3-11,16-17H,1-2H3. The van der Waals surface area contributed by atoms with Crippen molar-refractivity contribution in [3.8, 4) is 5.75 Å². The largest absolute Gasteiger partial charge is 0.508 e. The van der Waals surface area contributed by atoms with Crippen LogP contribution in [-0.2, 0) is 0 Å². The number of nitrogens with one attached hydrogen (secondary N) is 1. The van der Waals surface area contributed by atoms with Crippen molar-refractivity contribution in [2.24, 2.45) is 0 Å². The molecule has 2 aromatic rings. The van der Waals surface area contributed by atoms with Crippen molar-refractivity contribution in [1.29, 1.82) is 0 Å². The summed E-state index contributed by atoms with van der Waals surface area (Å²) in [5.41, 5.74) is 1.98. The number of hydrogen-bond acceptors (Lipinski definition) is 3. The number of thioether (sulfide) groups is 1. The molecule has 0 saturated heterocycles. The smallest absolute Gasteiger partial charge is 0.120 e. The summed E-state index contributed by atoms with van der Waals surface area (Å²) in [4.78, 5) is 1.23. The molecule has 0 fully saturated rings. The Morgan fingerprint density at radius 1 is 1.11 bits per heavy atom. The van der Waals surface area contributed by atoms with E-state index in [9.17, 15) is 5.11 Å². The van der Waals surface area contributed by atoms with E-state index in [1.54, 1.807) is 17.8 Å². The van der Waals surface area contributed by atoms with Crippen LogP contribution in [0.4, 0.5) is 5.69 Å². The van der Waals surface area contributed by atoms with Crippen LogP contribution >= 0.6 is 11.8 Å². The van der Waals surface area contributed by atoms with E-state index >= 15 is 0 Å². The lowest BCUT2D eigenvalue weighted by atomic mass is 10.1. The Hall–Kier alpha value is -1.61. The fourth-order valence-electron chi connectivity index (χ4n) is 1.89. The molecule has 0 bridgehead atoms. The van der Waals surface area contributed by atoms with Crippen molar-refractivity contribution in [3.05, 3.63) is 54.1 Å². The van der Waals surface area contributed by atoms with Crippen molar-refractivity contribution in [2.75, 3.05) is 11.6 Å². The third-order valence-corrected chi connectivity index (χ3v) is 3.58. The van der Waals surface area contributed by atoms with Crippen LogP contribution in [0.1, 0.15) is 18.5 Å². The highest BCUT2D eigenvalue weighted by atomic mass is 32.2. The van der Waals surface area contributed by atoms with E-state index in [0.717, 1.165) is 11.3 Å². The normalized spacial score (nSPS) is 12.1. The van der Waals surface area contributed by atoms with Crippen LogP contribution in [-0.4, -0.2) is 11.4 Å². The van der Waals surface area contributed by atoms with Crippen molar-refractivity contribution >= 4 is 17.4 Å². The van der Waals surface area contributed by atoms with Gasteiger partial charge in [-0.1, -0.05) is 24.3 Å². The molecule has 18 heavy (non-hydrogen) atoms. The van der Waals surface area contributed by atoms with E-state index in [1.165, 1.54) is 4.90 Å². The molecule has 2 rings (SSSR count). The Bertz CT molecular complexity index is 527. The fourth-order valence-corrected chi connectivity index (χ4v) is 2.35. The highest BCUT2D eigenvalue weighted by Crippen LogP contribution is 2.27. The van der Waals surface area contributed by atoms with Crippen LogP contribution < -0.4 is 5.32 Å². The topological polar surface area (TPSA) is 32.3 Å². The van der Waals surface area contributed by atoms with Gasteiger partial charge in [0.05, 0.1) is 6.04 Å². The van der Waals surface area contributed by atoms with Gasteiger partial charge in [0.15, 0.2) is 0 Å². The number of anilines is 1. The average molecular weight is 259 g/mol. The summed E-state index contributed by atoms with van der Waals surface area (Å²) in [7, 11) is 0. The summed E-state index contributed by atoms with van der Waals surface area (Å²) >= 11 is 1.72. The molecule has 2 nitrogen and oxygen atoms in total. The van der Waals surface area contributed by atoms with Gasteiger partial charge < -0.3 is 10.4 Å². The Balaban J connectivity index is 2.16. The molecule has 94 valence electrons. The summed E-state index contributed by atoms with van der Waals surface area (Å²) in [6, 6.07) is 15.8. The quantitative estimate of drug-likeness (QED) is 0.803. The van der Waals surface area contributed by atoms with Gasteiger partial charge in [-0.3, -0.25) is 0 Å². The third kappa shape index (κ3) is 2.99. The first-order chi connectivity index (χ1) is 8.70. The summed E-state index contributed by atoms with van der Waals surface area (Å²) in [5.74, 6) is 0.332. The van der Waals surface area contributed by atoms with Gasteiger partial charge in [0.1, 0.15) is 5.75 Å². The SMILES string of the molecule is CSc1cccc(NC(C)c2ccccc2O)c1. The summed E-state index contributed by atoms with van der Waals surface area (Å²) in [5, 5.41) is 13.2. The molecule has 1 atom stereocenters. The lowest BCUT2D eigenvalue weighted by Crippen LogP contribution is -2.06. The number of rotatable bonds is 4. The van der Waals surface area contributed by atoms with Crippen LogP contribution in [0.5, 0.6) is 5.75 Å². The number of aromatic hydroxyl groups is 1. The van der Waals surface area contributed by atoms with Gasteiger partial charge in [-0.2, -0.15) is 0 Å². The lowest BCUT2D eigenvalue weighted by Gasteiger charge is -2.17. The highest BCUT2D eigenvalue weighted by molar-refractivity contribution is 7.98. The Morgan fingerprint density at radius 3 is 2.61 bits per heavy atom. The molecule has 2 N–H and O–H groups in total. The van der Waals surface area contributed by atoms with Gasteiger partial charge in [-0.15, -0.1) is 11.8 Å². The molecule has 0 radical (unpaired) electrons. The molecule has 0 aliphatic rings. The van der Waals surface area contributed by atoms with E-state index in [2.05, 4.69) is 23.7 Å². The molecule has 0 saturated carbocycles. The number of benzene rings is 2. The molecule has 0 amide bonds. The van der Waals surface area contributed by atoms with Crippen LogP contribution in [0.2, 0.25) is 0 Å². The second-order valence-electron chi connectivity index (χ2n) is 4.16. The predicted molar refractivity (Wildman–Crippen MR) is 78.4 cm³/mol. The van der Waals surface area contributed by atoms with Crippen molar-refractivity contribution < 1.29 is 5.11 Å². The van der Waals surface area contributed by atoms with Crippen LogP contribution in [0.25, 0.3) is 0 Å². The van der Waals surface area contributed by atoms with Gasteiger partial charge in [-0.25, -0.2) is 0 Å². The molecule has 0 heterocycles. The maximum atomic E-state index is 9.82. The summed E-state index contributed by atoms with van der Waals surface area (Å²) in [6.45, 7) is 2.04. The van der Waals surface area contributed by atoms with E-state index in [-0.39, 0.29) is 6.04 Å². The highest BCUT2D eigenvalue weighted by Gasteiger charge is 2.09. The second kappa shape index (κ2) is 5.83. The first kappa shape index (κ1) is 12.8. The fraction of sp³-hybridized carbons (Fsp3) is 0.200. The maximum absolute atomic E-state index is 9.82. The molecule has 0 spiro atoms. The summed E-state index contributed by atoms with van der Waals surface area (Å²) < 4.78 is 0. The Kier molecular flexibility index (Phi) is 4.15. The van der Waals surface area contributed by atoms with Gasteiger partial charge >= 0.3 is 0 Å². The minimum absolute atomic E-state index is 0.0725. The minimum atomic E-state index is 0.0725. The minimum Gasteiger partial charge on any atom is -0.508 e. The first-order valence-electron chi connectivity index (χ1n) is 5.89. The molecular weight excluding hydrogens is 242 g/mol. The molecule has 1 unspecified atom stereocenters. The first-order valence-corrected chi connectivity index (χ1v) is 7.11. The lowest BCUT2D eigenvalue weighted by molar-refractivity contribution is 0.465. The Morgan fingerprint density at radius 2 is 1.89 bits per heavy atom. The Labute approximate surface area is 112 Å². The van der Waals surface area contributed by atoms with Crippen LogP contribution in [0.3, 0.4) is 0 Å². The van der Waals surface area contributed by atoms with Gasteiger partial charge in [0.2, 0.25) is 0 Å². The van der Waals surface area contributed by atoms with Gasteiger partial charge in [-0.05, 0) is 37.4 Å². The zero-order valence-electron chi connectivity index (χ0n) is 10.6. The zero-order valence-corrected chi connectivity index (χ0v) is 11.4. The predicted octanol–water partition coefficient (Wildman–Crippen LogP) is 4.29. The second-order valence-corrected chi connectivity index (χ2v) is 5.04. The third-order valence-electron chi connectivity index (χ3n) is 2.86. The number of phenolic OH excluding ortho intramolecular Hbond substituents is 1. The summed E-state index contributed by atoms with van der Waals surface area (Å²) in [6.07, 6.45) is 2.06. The van der Waals surface area contributed by atoms with E-state index in [4.69, 9.17) is 0 Å². The zero-order chi connectivity index (χ0) is 13.0. The van der Waals surface area contributed by atoms with E-state index in [1.807, 2.05) is 37.3 Å². The molecule has 3 heteroatoms. The molecule has 2 aromatic carbocycles. The van der Waals surface area contributed by atoms with Crippen molar-refractivity contribution in [1.82, 2.24) is 0 Å². The molecular formula is C15H17NOS. The van der Waals surface area contributed by atoms with Crippen LogP contribution in [0, 0.1) is 0 Å². The van der Waals surface area contributed by atoms with Gasteiger partial charge in [0.25, 0.3) is 0 Å². The van der Waals surface area contributed by atoms with Crippen molar-refractivity contribution in [3.63, 3.8) is 0 Å². The number of hydrogen-bond donors (Lipinski definition) is 2. The number of phenols is 1. The monoisotopic (exact) mass is 259 g/mol. The maximum Gasteiger partial charge on any atom is 0.120 e. The average Bonchev–Trinajstić information content (AvgIpc) is 2.39. The molecule has 0 aliphatic carbocycles. The van der Waals surface area contributed by atoms with Crippen molar-refractivity contribution in [2.45, 2.75) is 17.9 Å². The molecule has 0 aromatic heterocycles. The van der Waals surface area contributed by atoms with Crippen LogP contribution in [0.15, 0.2) is 53.4 Å². The van der Waals surface area contributed by atoms with E-state index < -0.39 is 0 Å². The van der Waals surface area contributed by atoms with E-state index in [0.29, 0.717) is 5.75 Å². The van der Waals surface area contributed by atoms with Gasteiger partial charge in [0, 0.05) is 16.1 Å².